The highest BCUT2D eigenvalue weighted by Gasteiger charge is 2.29. The molecule has 1 aromatic rings. The second-order valence-corrected chi connectivity index (χ2v) is 7.19. The Balaban J connectivity index is 2.33. The van der Waals surface area contributed by atoms with Crippen LogP contribution >= 0.6 is 15.9 Å². The Morgan fingerprint density at radius 3 is 2.53 bits per heavy atom. The van der Waals surface area contributed by atoms with Crippen molar-refractivity contribution in [2.24, 2.45) is 0 Å². The van der Waals surface area contributed by atoms with Crippen molar-refractivity contribution in [1.29, 1.82) is 0 Å². The lowest BCUT2D eigenvalue weighted by Gasteiger charge is -2.22. The maximum absolute atomic E-state index is 12.3. The minimum absolute atomic E-state index is 0.0502. The number of nitrogens with one attached hydrogen (secondary N) is 1. The summed E-state index contributed by atoms with van der Waals surface area (Å²) in [6.45, 7) is 1.48. The van der Waals surface area contributed by atoms with E-state index in [0.717, 1.165) is 13.1 Å². The number of aromatic hydroxyl groups is 1. The number of piperidine rings is 1. The lowest BCUT2D eigenvalue weighted by atomic mass is 10.2. The molecule has 0 atom stereocenters. The molecule has 1 fully saturated rings. The first-order valence-electron chi connectivity index (χ1n) is 5.45. The van der Waals surface area contributed by atoms with Gasteiger partial charge in [0, 0.05) is 0 Å². The van der Waals surface area contributed by atoms with Crippen molar-refractivity contribution < 1.29 is 13.5 Å². The van der Waals surface area contributed by atoms with Crippen molar-refractivity contribution in [3.05, 3.63) is 22.7 Å². The topological polar surface area (TPSA) is 66.4 Å². The monoisotopic (exact) mass is 319 g/mol. The highest BCUT2D eigenvalue weighted by Crippen LogP contribution is 2.29. The van der Waals surface area contributed by atoms with Crippen LogP contribution in [0.2, 0.25) is 0 Å². The lowest BCUT2D eigenvalue weighted by Crippen LogP contribution is -2.35. The molecule has 0 aromatic heterocycles. The molecule has 2 N–H and O–H groups in total. The molecule has 0 aliphatic carbocycles. The van der Waals surface area contributed by atoms with Crippen molar-refractivity contribution in [3.63, 3.8) is 0 Å². The lowest BCUT2D eigenvalue weighted by molar-refractivity contribution is 0.471. The Bertz CT molecular complexity index is 509. The van der Waals surface area contributed by atoms with Crippen LogP contribution in [0.1, 0.15) is 12.8 Å². The van der Waals surface area contributed by atoms with E-state index in [2.05, 4.69) is 21.2 Å². The fourth-order valence-corrected chi connectivity index (χ4v) is 4.27. The molecule has 0 bridgehead atoms. The summed E-state index contributed by atoms with van der Waals surface area (Å²) in [7, 11) is -3.28. The Morgan fingerprint density at radius 2 is 1.94 bits per heavy atom. The highest BCUT2D eigenvalue weighted by molar-refractivity contribution is 9.10. The van der Waals surface area contributed by atoms with Gasteiger partial charge < -0.3 is 10.4 Å². The van der Waals surface area contributed by atoms with Crippen molar-refractivity contribution >= 4 is 25.8 Å². The smallest absolute Gasteiger partial charge is 0.181 e. The molecule has 1 saturated heterocycles. The molecule has 2 rings (SSSR count). The number of rotatable bonds is 2. The normalized spacial score (nSPS) is 18.2. The Morgan fingerprint density at radius 1 is 1.29 bits per heavy atom. The zero-order valence-electron chi connectivity index (χ0n) is 9.19. The zero-order valence-corrected chi connectivity index (χ0v) is 11.6. The fourth-order valence-electron chi connectivity index (χ4n) is 1.96. The molecule has 4 nitrogen and oxygen atoms in total. The molecule has 1 heterocycles. The van der Waals surface area contributed by atoms with Crippen LogP contribution in [-0.2, 0) is 9.84 Å². The maximum Gasteiger partial charge on any atom is 0.181 e. The molecule has 94 valence electrons. The number of benzene rings is 1. The average molecular weight is 320 g/mol. The third kappa shape index (κ3) is 2.64. The molecular formula is C11H14BrNO3S. The molecule has 0 spiro atoms. The Kier molecular flexibility index (Phi) is 3.75. The molecule has 6 heteroatoms. The molecule has 1 aliphatic heterocycles. The summed E-state index contributed by atoms with van der Waals surface area (Å²) in [6.07, 6.45) is 1.28. The Hall–Kier alpha value is -0.590. The second kappa shape index (κ2) is 4.96. The van der Waals surface area contributed by atoms with Crippen molar-refractivity contribution in [1.82, 2.24) is 5.32 Å². The van der Waals surface area contributed by atoms with Crippen LogP contribution in [0.25, 0.3) is 0 Å². The summed E-state index contributed by atoms with van der Waals surface area (Å²) in [5.74, 6) is 0.0502. The van der Waals surface area contributed by atoms with E-state index in [9.17, 15) is 13.5 Å². The van der Waals surface area contributed by atoms with Gasteiger partial charge in [0.15, 0.2) is 9.84 Å². The van der Waals surface area contributed by atoms with Gasteiger partial charge in [-0.25, -0.2) is 8.42 Å². The SMILES string of the molecule is O=S(=O)(c1ccc(O)c(Br)c1)C1CCNCC1. The van der Waals surface area contributed by atoms with Crippen LogP contribution in [0.3, 0.4) is 0 Å². The predicted molar refractivity (Wildman–Crippen MR) is 68.9 cm³/mol. The maximum atomic E-state index is 12.3. The number of hydrogen-bond acceptors (Lipinski definition) is 4. The largest absolute Gasteiger partial charge is 0.507 e. The number of phenols is 1. The summed E-state index contributed by atoms with van der Waals surface area (Å²) in [5, 5.41) is 12.2. The van der Waals surface area contributed by atoms with E-state index in [1.165, 1.54) is 18.2 Å². The van der Waals surface area contributed by atoms with Crippen LogP contribution < -0.4 is 5.32 Å². The van der Waals surface area contributed by atoms with Gasteiger partial charge in [-0.1, -0.05) is 0 Å². The number of halogens is 1. The third-order valence-corrected chi connectivity index (χ3v) is 5.87. The molecular weight excluding hydrogens is 306 g/mol. The minimum atomic E-state index is -3.28. The van der Waals surface area contributed by atoms with Gasteiger partial charge in [-0.15, -0.1) is 0 Å². The van der Waals surface area contributed by atoms with E-state index in [0.29, 0.717) is 17.3 Å². The zero-order chi connectivity index (χ0) is 12.5. The number of sulfone groups is 1. The average Bonchev–Trinajstić information content (AvgIpc) is 2.33. The van der Waals surface area contributed by atoms with Crippen LogP contribution in [0.15, 0.2) is 27.6 Å². The van der Waals surface area contributed by atoms with Gasteiger partial charge in [0.2, 0.25) is 0 Å². The van der Waals surface area contributed by atoms with Gasteiger partial charge in [0.25, 0.3) is 0 Å². The standard InChI is InChI=1S/C11H14BrNO3S/c12-10-7-9(1-2-11(10)14)17(15,16)8-3-5-13-6-4-8/h1-2,7-8,13-14H,3-6H2. The summed E-state index contributed by atoms with van der Waals surface area (Å²) >= 11 is 3.14. The molecule has 0 unspecified atom stereocenters. The first kappa shape index (κ1) is 12.9. The Labute approximate surface area is 109 Å². The van der Waals surface area contributed by atoms with E-state index < -0.39 is 9.84 Å². The van der Waals surface area contributed by atoms with Gasteiger partial charge in [-0.2, -0.15) is 0 Å². The molecule has 17 heavy (non-hydrogen) atoms. The van der Waals surface area contributed by atoms with Gasteiger partial charge in [-0.3, -0.25) is 0 Å². The third-order valence-electron chi connectivity index (χ3n) is 2.97. The second-order valence-electron chi connectivity index (χ2n) is 4.11. The van der Waals surface area contributed by atoms with E-state index in [1.54, 1.807) is 0 Å². The molecule has 1 aromatic carbocycles. The van der Waals surface area contributed by atoms with Crippen LogP contribution in [-0.4, -0.2) is 31.9 Å². The molecule has 0 radical (unpaired) electrons. The first-order chi connectivity index (χ1) is 8.01. The van der Waals surface area contributed by atoms with E-state index in [-0.39, 0.29) is 15.9 Å². The van der Waals surface area contributed by atoms with E-state index in [1.807, 2.05) is 0 Å². The van der Waals surface area contributed by atoms with Crippen molar-refractivity contribution in [2.45, 2.75) is 23.0 Å². The van der Waals surface area contributed by atoms with Gasteiger partial charge in [0.05, 0.1) is 14.6 Å². The molecule has 0 amide bonds. The van der Waals surface area contributed by atoms with Gasteiger partial charge >= 0.3 is 0 Å². The summed E-state index contributed by atoms with van der Waals surface area (Å²) in [6, 6.07) is 4.32. The van der Waals surface area contributed by atoms with Crippen molar-refractivity contribution in [2.75, 3.05) is 13.1 Å². The minimum Gasteiger partial charge on any atom is -0.507 e. The molecule has 1 aliphatic rings. The summed E-state index contributed by atoms with van der Waals surface area (Å²) in [4.78, 5) is 0.272. The van der Waals surface area contributed by atoms with E-state index >= 15 is 0 Å². The van der Waals surface area contributed by atoms with Crippen LogP contribution in [0.4, 0.5) is 0 Å². The fraction of sp³-hybridized carbons (Fsp3) is 0.455. The molecule has 0 saturated carbocycles. The highest BCUT2D eigenvalue weighted by atomic mass is 79.9. The predicted octanol–water partition coefficient (Wildman–Crippen LogP) is 1.68. The quantitative estimate of drug-likeness (QED) is 0.870. The van der Waals surface area contributed by atoms with E-state index in [4.69, 9.17) is 0 Å². The van der Waals surface area contributed by atoms with Crippen molar-refractivity contribution in [3.8, 4) is 5.75 Å². The first-order valence-corrected chi connectivity index (χ1v) is 7.79. The van der Waals surface area contributed by atoms with Crippen LogP contribution in [0, 0.1) is 0 Å². The van der Waals surface area contributed by atoms with Gasteiger partial charge in [0.1, 0.15) is 5.75 Å². The number of hydrogen-bond donors (Lipinski definition) is 2. The van der Waals surface area contributed by atoms with Crippen LogP contribution in [0.5, 0.6) is 5.75 Å². The van der Waals surface area contributed by atoms with Gasteiger partial charge in [-0.05, 0) is 60.1 Å². The summed E-state index contributed by atoms with van der Waals surface area (Å²) < 4.78 is 25.1. The number of phenolic OH excluding ortho intramolecular Hbond substituents is 1. The summed E-state index contributed by atoms with van der Waals surface area (Å²) in [5.41, 5.74) is 0.